The quantitative estimate of drug-likeness (QED) is 0.826. The lowest BCUT2D eigenvalue weighted by Crippen LogP contribution is -2.10. The molecule has 2 aromatic rings. The van der Waals surface area contributed by atoms with E-state index in [1.54, 1.807) is 12.3 Å². The molecule has 0 saturated carbocycles. The number of hydrogen-bond donors (Lipinski definition) is 2. The molecule has 2 aromatic heterocycles. The molecular weight excluding hydrogens is 262 g/mol. The number of pyridine rings is 1. The number of nitrogens with zero attached hydrogens (tertiary/aromatic N) is 3. The highest BCUT2D eigenvalue weighted by Crippen LogP contribution is 2.19. The Morgan fingerprint density at radius 3 is 2.79 bits per heavy atom. The van der Waals surface area contributed by atoms with Crippen molar-refractivity contribution in [2.45, 2.75) is 26.8 Å². The van der Waals surface area contributed by atoms with Gasteiger partial charge in [-0.2, -0.15) is 5.10 Å². The van der Waals surface area contributed by atoms with Gasteiger partial charge in [0.05, 0.1) is 16.4 Å². The monoisotopic (exact) mass is 279 g/mol. The Morgan fingerprint density at radius 2 is 2.16 bits per heavy atom. The van der Waals surface area contributed by atoms with Crippen molar-refractivity contribution in [1.82, 2.24) is 14.8 Å². The van der Waals surface area contributed by atoms with Crippen LogP contribution in [0.15, 0.2) is 18.3 Å². The second-order valence-corrected chi connectivity index (χ2v) is 4.96. The second kappa shape index (κ2) is 5.93. The van der Waals surface area contributed by atoms with E-state index in [9.17, 15) is 0 Å². The molecule has 0 unspecified atom stereocenters. The van der Waals surface area contributed by atoms with Crippen LogP contribution >= 0.6 is 11.6 Å². The van der Waals surface area contributed by atoms with Gasteiger partial charge in [-0.1, -0.05) is 11.6 Å². The number of nitrogen functional groups attached to an aromatic ring is 1. The number of aromatic nitrogens is 3. The molecule has 3 N–H and O–H groups in total. The van der Waals surface area contributed by atoms with Crippen LogP contribution in [0.1, 0.15) is 17.8 Å². The standard InChI is InChI=1S/C13H18ClN5/c1-9-6-10(2)19(18-9)5-3-4-16-13-12(15)7-11(14)8-17-13/h6-8H,3-5,15H2,1-2H3,(H,16,17). The molecule has 0 radical (unpaired) electrons. The van der Waals surface area contributed by atoms with Crippen molar-refractivity contribution in [3.8, 4) is 0 Å². The third-order valence-corrected chi connectivity index (χ3v) is 3.03. The molecular formula is C13H18ClN5. The fourth-order valence-corrected chi connectivity index (χ4v) is 2.11. The molecule has 0 aliphatic carbocycles. The van der Waals surface area contributed by atoms with E-state index in [4.69, 9.17) is 17.3 Å². The smallest absolute Gasteiger partial charge is 0.149 e. The summed E-state index contributed by atoms with van der Waals surface area (Å²) in [7, 11) is 0. The van der Waals surface area contributed by atoms with Crippen LogP contribution in [-0.2, 0) is 6.54 Å². The minimum absolute atomic E-state index is 0.547. The minimum atomic E-state index is 0.547. The molecule has 19 heavy (non-hydrogen) atoms. The zero-order valence-corrected chi connectivity index (χ0v) is 11.9. The Kier molecular flexibility index (Phi) is 4.27. The Balaban J connectivity index is 1.82. The Morgan fingerprint density at radius 1 is 1.37 bits per heavy atom. The van der Waals surface area contributed by atoms with Gasteiger partial charge in [0.15, 0.2) is 0 Å². The van der Waals surface area contributed by atoms with Crippen LogP contribution in [0.4, 0.5) is 11.5 Å². The van der Waals surface area contributed by atoms with Gasteiger partial charge in [0.25, 0.3) is 0 Å². The van der Waals surface area contributed by atoms with Crippen LogP contribution in [0.25, 0.3) is 0 Å². The summed E-state index contributed by atoms with van der Waals surface area (Å²) < 4.78 is 2.01. The zero-order valence-electron chi connectivity index (χ0n) is 11.2. The van der Waals surface area contributed by atoms with Crippen LogP contribution in [0.2, 0.25) is 5.02 Å². The first-order chi connectivity index (χ1) is 9.06. The SMILES string of the molecule is Cc1cc(C)n(CCCNc2ncc(Cl)cc2N)n1. The highest BCUT2D eigenvalue weighted by Gasteiger charge is 2.02. The fourth-order valence-electron chi connectivity index (χ4n) is 1.94. The van der Waals surface area contributed by atoms with Gasteiger partial charge in [0, 0.05) is 25.0 Å². The number of aryl methyl sites for hydroxylation is 3. The van der Waals surface area contributed by atoms with E-state index in [0.29, 0.717) is 16.5 Å². The van der Waals surface area contributed by atoms with Crippen LogP contribution in [0.3, 0.4) is 0 Å². The minimum Gasteiger partial charge on any atom is -0.396 e. The summed E-state index contributed by atoms with van der Waals surface area (Å²) in [5.41, 5.74) is 8.62. The Hall–Kier alpha value is -1.75. The number of rotatable bonds is 5. The van der Waals surface area contributed by atoms with E-state index < -0.39 is 0 Å². The highest BCUT2D eigenvalue weighted by atomic mass is 35.5. The molecule has 6 heteroatoms. The van der Waals surface area contributed by atoms with Crippen molar-refractivity contribution in [2.24, 2.45) is 0 Å². The van der Waals surface area contributed by atoms with Gasteiger partial charge in [0.2, 0.25) is 0 Å². The molecule has 0 aromatic carbocycles. The lowest BCUT2D eigenvalue weighted by Gasteiger charge is -2.09. The lowest BCUT2D eigenvalue weighted by molar-refractivity contribution is 0.573. The first-order valence-electron chi connectivity index (χ1n) is 6.22. The zero-order chi connectivity index (χ0) is 13.8. The summed E-state index contributed by atoms with van der Waals surface area (Å²) in [5, 5.41) is 8.16. The third-order valence-electron chi connectivity index (χ3n) is 2.83. The molecule has 0 bridgehead atoms. The van der Waals surface area contributed by atoms with Gasteiger partial charge in [-0.15, -0.1) is 0 Å². The summed E-state index contributed by atoms with van der Waals surface area (Å²) in [6.07, 6.45) is 2.53. The van der Waals surface area contributed by atoms with E-state index in [0.717, 1.165) is 25.2 Å². The molecule has 0 atom stereocenters. The van der Waals surface area contributed by atoms with E-state index in [1.807, 2.05) is 11.6 Å². The van der Waals surface area contributed by atoms with Gasteiger partial charge in [-0.25, -0.2) is 4.98 Å². The molecule has 102 valence electrons. The van der Waals surface area contributed by atoms with E-state index in [2.05, 4.69) is 28.4 Å². The summed E-state index contributed by atoms with van der Waals surface area (Å²) in [6.45, 7) is 5.73. The van der Waals surface area contributed by atoms with Crippen molar-refractivity contribution in [2.75, 3.05) is 17.6 Å². The van der Waals surface area contributed by atoms with Crippen LogP contribution in [0.5, 0.6) is 0 Å². The molecule has 0 spiro atoms. The Bertz CT molecular complexity index is 564. The fraction of sp³-hybridized carbons (Fsp3) is 0.385. The summed E-state index contributed by atoms with van der Waals surface area (Å²) in [5.74, 6) is 0.678. The van der Waals surface area contributed by atoms with Crippen molar-refractivity contribution < 1.29 is 0 Å². The first-order valence-corrected chi connectivity index (χ1v) is 6.60. The van der Waals surface area contributed by atoms with E-state index >= 15 is 0 Å². The maximum absolute atomic E-state index is 5.82. The van der Waals surface area contributed by atoms with Crippen LogP contribution < -0.4 is 11.1 Å². The number of halogens is 1. The average Bonchev–Trinajstić information content (AvgIpc) is 2.65. The topological polar surface area (TPSA) is 68.8 Å². The van der Waals surface area contributed by atoms with Crippen LogP contribution in [0, 0.1) is 13.8 Å². The predicted molar refractivity (Wildman–Crippen MR) is 78.5 cm³/mol. The molecule has 0 saturated heterocycles. The highest BCUT2D eigenvalue weighted by molar-refractivity contribution is 6.30. The number of nitrogens with two attached hydrogens (primary N) is 1. The number of nitrogens with one attached hydrogen (secondary N) is 1. The molecule has 2 heterocycles. The van der Waals surface area contributed by atoms with Gasteiger partial charge in [-0.05, 0) is 32.4 Å². The van der Waals surface area contributed by atoms with Crippen molar-refractivity contribution >= 4 is 23.1 Å². The van der Waals surface area contributed by atoms with Gasteiger partial charge in [0.1, 0.15) is 5.82 Å². The molecule has 0 fully saturated rings. The van der Waals surface area contributed by atoms with Crippen molar-refractivity contribution in [1.29, 1.82) is 0 Å². The normalized spacial score (nSPS) is 10.7. The van der Waals surface area contributed by atoms with Gasteiger partial charge in [-0.3, -0.25) is 4.68 Å². The van der Waals surface area contributed by atoms with Crippen molar-refractivity contribution in [3.05, 3.63) is 34.7 Å². The lowest BCUT2D eigenvalue weighted by atomic mass is 10.3. The van der Waals surface area contributed by atoms with E-state index in [1.165, 1.54) is 5.69 Å². The molecule has 5 nitrogen and oxygen atoms in total. The maximum Gasteiger partial charge on any atom is 0.149 e. The van der Waals surface area contributed by atoms with E-state index in [-0.39, 0.29) is 0 Å². The summed E-state index contributed by atoms with van der Waals surface area (Å²) in [4.78, 5) is 4.15. The third kappa shape index (κ3) is 3.61. The number of hydrogen-bond acceptors (Lipinski definition) is 4. The second-order valence-electron chi connectivity index (χ2n) is 4.52. The predicted octanol–water partition coefficient (Wildman–Crippen LogP) is 2.63. The molecule has 2 rings (SSSR count). The van der Waals surface area contributed by atoms with Gasteiger partial charge >= 0.3 is 0 Å². The largest absolute Gasteiger partial charge is 0.396 e. The van der Waals surface area contributed by atoms with Gasteiger partial charge < -0.3 is 11.1 Å². The maximum atomic E-state index is 5.82. The molecule has 0 aliphatic heterocycles. The first kappa shape index (κ1) is 13.7. The van der Waals surface area contributed by atoms with Crippen LogP contribution in [-0.4, -0.2) is 21.3 Å². The molecule has 0 amide bonds. The summed E-state index contributed by atoms with van der Waals surface area (Å²) >= 11 is 5.80. The summed E-state index contributed by atoms with van der Waals surface area (Å²) in [6, 6.07) is 3.77. The number of anilines is 2. The van der Waals surface area contributed by atoms with Crippen molar-refractivity contribution in [3.63, 3.8) is 0 Å². The molecule has 0 aliphatic rings. The Labute approximate surface area is 117 Å². The average molecular weight is 280 g/mol.